The van der Waals surface area contributed by atoms with E-state index in [4.69, 9.17) is 4.74 Å². The Morgan fingerprint density at radius 3 is 2.45 bits per heavy atom. The van der Waals surface area contributed by atoms with Gasteiger partial charge in [0, 0.05) is 12.7 Å². The Morgan fingerprint density at radius 2 is 1.88 bits per heavy atom. The number of nitrogens with one attached hydrogen (secondary N) is 1. The van der Waals surface area contributed by atoms with Crippen LogP contribution >= 0.6 is 0 Å². The average Bonchev–Trinajstić information content (AvgIpc) is 3.11. The molecule has 0 saturated heterocycles. The third-order valence-electron chi connectivity index (χ3n) is 4.88. The van der Waals surface area contributed by atoms with E-state index in [9.17, 15) is 27.5 Å². The number of anilines is 1. The van der Waals surface area contributed by atoms with Gasteiger partial charge in [-0.05, 0) is 44.5 Å². The van der Waals surface area contributed by atoms with Crippen molar-refractivity contribution < 1.29 is 32.2 Å². The van der Waals surface area contributed by atoms with Gasteiger partial charge in [0.05, 0.1) is 11.1 Å². The maximum atomic E-state index is 15.0. The van der Waals surface area contributed by atoms with Crippen LogP contribution in [0, 0.1) is 12.7 Å². The summed E-state index contributed by atoms with van der Waals surface area (Å²) in [6.07, 6.45) is -8.01. The SMILES string of the molecule is Cc1ccccc1NC(=O)c1cc(F)c(-c2nc([C@@H](C)O)n(C)n2)cc1OC(C)C(F)(F)F. The number of aromatic nitrogens is 3. The lowest BCUT2D eigenvalue weighted by Crippen LogP contribution is -2.32. The van der Waals surface area contributed by atoms with Crippen LogP contribution in [0.2, 0.25) is 0 Å². The molecule has 0 saturated carbocycles. The second-order valence-corrected chi connectivity index (χ2v) is 7.49. The molecule has 1 amide bonds. The second kappa shape index (κ2) is 9.18. The zero-order valence-corrected chi connectivity index (χ0v) is 18.2. The molecule has 1 unspecified atom stereocenters. The van der Waals surface area contributed by atoms with E-state index in [1.807, 2.05) is 0 Å². The van der Waals surface area contributed by atoms with Crippen molar-refractivity contribution in [1.82, 2.24) is 14.8 Å². The molecule has 33 heavy (non-hydrogen) atoms. The number of hydrogen-bond donors (Lipinski definition) is 2. The second-order valence-electron chi connectivity index (χ2n) is 7.49. The fourth-order valence-corrected chi connectivity index (χ4v) is 3.03. The monoisotopic (exact) mass is 466 g/mol. The van der Waals surface area contributed by atoms with E-state index in [-0.39, 0.29) is 17.2 Å². The summed E-state index contributed by atoms with van der Waals surface area (Å²) in [7, 11) is 1.48. The Labute approximate surface area is 187 Å². The number of ether oxygens (including phenoxy) is 1. The van der Waals surface area contributed by atoms with Gasteiger partial charge in [0.25, 0.3) is 5.91 Å². The van der Waals surface area contributed by atoms with Crippen molar-refractivity contribution in [2.24, 2.45) is 7.05 Å². The van der Waals surface area contributed by atoms with Crippen molar-refractivity contribution >= 4 is 11.6 Å². The Morgan fingerprint density at radius 1 is 1.21 bits per heavy atom. The molecule has 2 aromatic carbocycles. The molecule has 3 aromatic rings. The van der Waals surface area contributed by atoms with Crippen LogP contribution in [0.4, 0.5) is 23.2 Å². The summed E-state index contributed by atoms with van der Waals surface area (Å²) in [5.41, 5.74) is 0.406. The summed E-state index contributed by atoms with van der Waals surface area (Å²) in [4.78, 5) is 16.9. The minimum Gasteiger partial charge on any atom is -0.480 e. The molecule has 0 spiro atoms. The van der Waals surface area contributed by atoms with E-state index in [1.165, 1.54) is 18.7 Å². The Balaban J connectivity index is 2.08. The van der Waals surface area contributed by atoms with Crippen LogP contribution < -0.4 is 10.1 Å². The summed E-state index contributed by atoms with van der Waals surface area (Å²) < 4.78 is 60.7. The van der Waals surface area contributed by atoms with Crippen LogP contribution in [0.5, 0.6) is 5.75 Å². The number of aliphatic hydroxyl groups excluding tert-OH is 1. The zero-order chi connectivity index (χ0) is 24.5. The molecule has 0 bridgehead atoms. The molecule has 1 heterocycles. The Hall–Kier alpha value is -3.47. The van der Waals surface area contributed by atoms with Gasteiger partial charge in [0.2, 0.25) is 0 Å². The van der Waals surface area contributed by atoms with Crippen LogP contribution in [0.15, 0.2) is 36.4 Å². The average molecular weight is 466 g/mol. The van der Waals surface area contributed by atoms with Gasteiger partial charge in [-0.25, -0.2) is 9.37 Å². The van der Waals surface area contributed by atoms with Gasteiger partial charge in [-0.15, -0.1) is 0 Å². The van der Waals surface area contributed by atoms with Crippen molar-refractivity contribution in [2.75, 3.05) is 5.32 Å². The standard InChI is InChI=1S/C22H22F4N4O3/c1-11-7-5-6-8-17(11)27-21(32)15-9-16(23)14(10-18(15)33-13(3)22(24,25)26)19-28-20(12(2)31)30(4)29-19/h5-10,12-13,31H,1-4H3,(H,27,32)/t12-,13?/m1/s1. The van der Waals surface area contributed by atoms with Gasteiger partial charge >= 0.3 is 6.18 Å². The summed E-state index contributed by atoms with van der Waals surface area (Å²) in [6, 6.07) is 8.48. The van der Waals surface area contributed by atoms with Gasteiger partial charge in [0.15, 0.2) is 17.8 Å². The molecule has 2 atom stereocenters. The third kappa shape index (κ3) is 5.30. The first kappa shape index (κ1) is 24.2. The van der Waals surface area contributed by atoms with Crippen LogP contribution in [0.25, 0.3) is 11.4 Å². The van der Waals surface area contributed by atoms with E-state index >= 15 is 0 Å². The number of rotatable bonds is 6. The molecule has 11 heteroatoms. The van der Waals surface area contributed by atoms with Gasteiger partial charge in [-0.3, -0.25) is 9.48 Å². The zero-order valence-electron chi connectivity index (χ0n) is 18.2. The largest absolute Gasteiger partial charge is 0.480 e. The number of benzene rings is 2. The van der Waals surface area contributed by atoms with Crippen LogP contribution in [-0.4, -0.2) is 38.1 Å². The molecule has 2 N–H and O–H groups in total. The molecule has 0 fully saturated rings. The molecule has 3 rings (SSSR count). The quantitative estimate of drug-likeness (QED) is 0.520. The highest BCUT2D eigenvalue weighted by Crippen LogP contribution is 2.33. The number of nitrogens with zero attached hydrogens (tertiary/aromatic N) is 3. The van der Waals surface area contributed by atoms with Crippen LogP contribution in [-0.2, 0) is 7.05 Å². The molecule has 0 radical (unpaired) electrons. The first-order valence-corrected chi connectivity index (χ1v) is 9.91. The number of para-hydroxylation sites is 1. The number of halogens is 4. The maximum Gasteiger partial charge on any atom is 0.425 e. The van der Waals surface area contributed by atoms with Crippen LogP contribution in [0.3, 0.4) is 0 Å². The number of aryl methyl sites for hydroxylation is 2. The fourth-order valence-electron chi connectivity index (χ4n) is 3.03. The summed E-state index contributed by atoms with van der Waals surface area (Å²) >= 11 is 0. The molecule has 7 nitrogen and oxygen atoms in total. The molecule has 1 aromatic heterocycles. The minimum absolute atomic E-state index is 0.122. The molecular weight excluding hydrogens is 444 g/mol. The fraction of sp³-hybridized carbons (Fsp3) is 0.318. The lowest BCUT2D eigenvalue weighted by Gasteiger charge is -2.20. The number of alkyl halides is 3. The third-order valence-corrected chi connectivity index (χ3v) is 4.88. The van der Waals surface area contributed by atoms with Gasteiger partial charge in [-0.1, -0.05) is 18.2 Å². The molecule has 0 aliphatic carbocycles. The van der Waals surface area contributed by atoms with E-state index < -0.39 is 41.4 Å². The van der Waals surface area contributed by atoms with Gasteiger partial charge < -0.3 is 15.2 Å². The van der Waals surface area contributed by atoms with Crippen molar-refractivity contribution in [3.05, 3.63) is 59.2 Å². The van der Waals surface area contributed by atoms with Gasteiger partial charge in [-0.2, -0.15) is 18.3 Å². The smallest absolute Gasteiger partial charge is 0.425 e. The van der Waals surface area contributed by atoms with Crippen molar-refractivity contribution in [1.29, 1.82) is 0 Å². The predicted octanol–water partition coefficient (Wildman–Crippen LogP) is 4.56. The first-order chi connectivity index (χ1) is 15.4. The summed E-state index contributed by atoms with van der Waals surface area (Å²) in [5, 5.41) is 16.3. The molecule has 0 aliphatic heterocycles. The van der Waals surface area contributed by atoms with E-state index in [2.05, 4.69) is 15.4 Å². The normalized spacial score (nSPS) is 13.5. The van der Waals surface area contributed by atoms with Crippen LogP contribution in [0.1, 0.15) is 41.7 Å². The number of carbonyl (C=O) groups excluding carboxylic acids is 1. The summed E-state index contributed by atoms with van der Waals surface area (Å²) in [5.74, 6) is -2.34. The number of hydrogen-bond acceptors (Lipinski definition) is 5. The molecule has 176 valence electrons. The molecule has 0 aliphatic rings. The summed E-state index contributed by atoms with van der Waals surface area (Å²) in [6.45, 7) is 3.94. The van der Waals surface area contributed by atoms with E-state index in [1.54, 1.807) is 31.2 Å². The highest BCUT2D eigenvalue weighted by Gasteiger charge is 2.39. The Kier molecular flexibility index (Phi) is 6.73. The van der Waals surface area contributed by atoms with Crippen molar-refractivity contribution in [3.63, 3.8) is 0 Å². The lowest BCUT2D eigenvalue weighted by molar-refractivity contribution is -0.189. The first-order valence-electron chi connectivity index (χ1n) is 9.91. The predicted molar refractivity (Wildman–Crippen MR) is 112 cm³/mol. The van der Waals surface area contributed by atoms with Gasteiger partial charge in [0.1, 0.15) is 17.7 Å². The highest BCUT2D eigenvalue weighted by molar-refractivity contribution is 6.07. The molecular formula is C22H22F4N4O3. The highest BCUT2D eigenvalue weighted by atomic mass is 19.4. The topological polar surface area (TPSA) is 89.3 Å². The van der Waals surface area contributed by atoms with E-state index in [0.29, 0.717) is 11.3 Å². The van der Waals surface area contributed by atoms with Crippen molar-refractivity contribution in [3.8, 4) is 17.1 Å². The van der Waals surface area contributed by atoms with E-state index in [0.717, 1.165) is 19.1 Å². The number of aliphatic hydroxyl groups is 1. The number of amides is 1. The number of carbonyl (C=O) groups is 1. The Bertz CT molecular complexity index is 1170. The van der Waals surface area contributed by atoms with Crippen molar-refractivity contribution in [2.45, 2.75) is 39.2 Å². The maximum absolute atomic E-state index is 15.0. The minimum atomic E-state index is -4.72. The lowest BCUT2D eigenvalue weighted by atomic mass is 10.1.